The summed E-state index contributed by atoms with van der Waals surface area (Å²) in [6, 6.07) is 7.45. The number of aliphatic carboxylic acids is 1. The molecule has 1 aromatic rings. The Kier molecular flexibility index (Phi) is 7.39. The molecule has 0 bridgehead atoms. The number of ether oxygens (including phenoxy) is 1. The molecule has 0 heterocycles. The minimum Gasteiger partial charge on any atom is -0.494 e. The van der Waals surface area contributed by atoms with E-state index in [1.165, 1.54) is 4.90 Å². The molecule has 1 aromatic carbocycles. The fourth-order valence-electron chi connectivity index (χ4n) is 2.23. The normalized spacial score (nSPS) is 12.0. The highest BCUT2D eigenvalue weighted by atomic mass is 16.5. The smallest absolute Gasteiger partial charge is 0.317 e. The molecule has 1 atom stereocenters. The van der Waals surface area contributed by atoms with E-state index >= 15 is 0 Å². The van der Waals surface area contributed by atoms with Gasteiger partial charge < -0.3 is 15.2 Å². The highest BCUT2D eigenvalue weighted by Crippen LogP contribution is 2.27. The van der Waals surface area contributed by atoms with Crippen LogP contribution in [0.15, 0.2) is 24.3 Å². The molecule has 6 heteroatoms. The fourth-order valence-corrected chi connectivity index (χ4v) is 2.23. The first-order chi connectivity index (χ1) is 10.5. The predicted molar refractivity (Wildman–Crippen MR) is 83.9 cm³/mol. The lowest BCUT2D eigenvalue weighted by molar-refractivity contribution is -0.138. The molecule has 0 aliphatic rings. The zero-order chi connectivity index (χ0) is 16.5. The van der Waals surface area contributed by atoms with Crippen molar-refractivity contribution in [1.82, 2.24) is 10.2 Å². The standard InChI is InChI=1S/C16H24N2O4/c1-4-13(12-8-6-7-9-14(12)22-5-2)17-15(19)10-18(3)11-16(20)21/h6-9,13H,4-5,10-11H2,1-3H3,(H,17,19)(H,20,21). The third-order valence-electron chi connectivity index (χ3n) is 3.16. The van der Waals surface area contributed by atoms with Crippen molar-refractivity contribution in [2.24, 2.45) is 0 Å². The van der Waals surface area contributed by atoms with Gasteiger partial charge in [-0.3, -0.25) is 14.5 Å². The molecule has 0 aliphatic heterocycles. The van der Waals surface area contributed by atoms with Crippen molar-refractivity contribution in [1.29, 1.82) is 0 Å². The summed E-state index contributed by atoms with van der Waals surface area (Å²) in [6.07, 6.45) is 0.721. The summed E-state index contributed by atoms with van der Waals surface area (Å²) in [7, 11) is 1.60. The molecule has 0 saturated heterocycles. The van der Waals surface area contributed by atoms with Crippen molar-refractivity contribution < 1.29 is 19.4 Å². The van der Waals surface area contributed by atoms with Gasteiger partial charge >= 0.3 is 5.97 Å². The summed E-state index contributed by atoms with van der Waals surface area (Å²) >= 11 is 0. The SMILES string of the molecule is CCOc1ccccc1C(CC)NC(=O)CN(C)CC(=O)O. The van der Waals surface area contributed by atoms with Gasteiger partial charge in [-0.2, -0.15) is 0 Å². The third-order valence-corrected chi connectivity index (χ3v) is 3.16. The fraction of sp³-hybridized carbons (Fsp3) is 0.500. The summed E-state index contributed by atoms with van der Waals surface area (Å²) in [5.41, 5.74) is 0.932. The van der Waals surface area contributed by atoms with Gasteiger partial charge in [-0.05, 0) is 26.5 Å². The van der Waals surface area contributed by atoms with Crippen LogP contribution in [0.3, 0.4) is 0 Å². The number of carbonyl (C=O) groups excluding carboxylic acids is 1. The van der Waals surface area contributed by atoms with Crippen LogP contribution in [-0.2, 0) is 9.59 Å². The molecule has 0 saturated carbocycles. The van der Waals surface area contributed by atoms with Crippen molar-refractivity contribution >= 4 is 11.9 Å². The number of hydrogen-bond donors (Lipinski definition) is 2. The van der Waals surface area contributed by atoms with Gasteiger partial charge in [0.25, 0.3) is 0 Å². The molecule has 0 radical (unpaired) electrons. The largest absolute Gasteiger partial charge is 0.494 e. The van der Waals surface area contributed by atoms with Crippen molar-refractivity contribution in [2.75, 3.05) is 26.7 Å². The van der Waals surface area contributed by atoms with Gasteiger partial charge in [0.1, 0.15) is 5.75 Å². The molecular formula is C16H24N2O4. The maximum Gasteiger partial charge on any atom is 0.317 e. The van der Waals surface area contributed by atoms with Gasteiger partial charge in [0, 0.05) is 5.56 Å². The number of para-hydroxylation sites is 1. The molecule has 1 amide bonds. The Bertz CT molecular complexity index is 505. The van der Waals surface area contributed by atoms with E-state index in [2.05, 4.69) is 5.32 Å². The Labute approximate surface area is 131 Å². The average molecular weight is 308 g/mol. The molecule has 0 aromatic heterocycles. The molecule has 0 fully saturated rings. The molecule has 1 unspecified atom stereocenters. The van der Waals surface area contributed by atoms with E-state index in [1.807, 2.05) is 38.1 Å². The minimum absolute atomic E-state index is 0.0413. The first-order valence-corrected chi connectivity index (χ1v) is 7.39. The highest BCUT2D eigenvalue weighted by Gasteiger charge is 2.18. The van der Waals surface area contributed by atoms with E-state index in [9.17, 15) is 9.59 Å². The Morgan fingerprint density at radius 3 is 2.55 bits per heavy atom. The molecule has 0 spiro atoms. The Morgan fingerprint density at radius 1 is 1.27 bits per heavy atom. The van der Waals surface area contributed by atoms with E-state index < -0.39 is 5.97 Å². The van der Waals surface area contributed by atoms with Gasteiger partial charge in [-0.15, -0.1) is 0 Å². The van der Waals surface area contributed by atoms with Crippen molar-refractivity contribution in [3.63, 3.8) is 0 Å². The summed E-state index contributed by atoms with van der Waals surface area (Å²) in [5, 5.41) is 11.6. The summed E-state index contributed by atoms with van der Waals surface area (Å²) < 4.78 is 5.60. The lowest BCUT2D eigenvalue weighted by Crippen LogP contribution is -2.39. The number of carboxylic acids is 1. The van der Waals surface area contributed by atoms with Crippen LogP contribution in [0.4, 0.5) is 0 Å². The van der Waals surface area contributed by atoms with E-state index in [-0.39, 0.29) is 25.0 Å². The summed E-state index contributed by atoms with van der Waals surface area (Å²) in [4.78, 5) is 24.1. The zero-order valence-corrected chi connectivity index (χ0v) is 13.3. The van der Waals surface area contributed by atoms with Crippen LogP contribution in [0.2, 0.25) is 0 Å². The molecular weight excluding hydrogens is 284 g/mol. The number of likely N-dealkylation sites (N-methyl/N-ethyl adjacent to an activating group) is 1. The number of nitrogens with zero attached hydrogens (tertiary/aromatic N) is 1. The highest BCUT2D eigenvalue weighted by molar-refractivity contribution is 5.79. The van der Waals surface area contributed by atoms with Gasteiger partial charge in [0.05, 0.1) is 25.7 Å². The number of amides is 1. The van der Waals surface area contributed by atoms with E-state index in [0.717, 1.165) is 17.7 Å². The number of nitrogens with one attached hydrogen (secondary N) is 1. The Morgan fingerprint density at radius 2 is 1.95 bits per heavy atom. The number of carboxylic acid groups (broad SMARTS) is 1. The lowest BCUT2D eigenvalue weighted by atomic mass is 10.0. The van der Waals surface area contributed by atoms with Crippen molar-refractivity contribution in [3.05, 3.63) is 29.8 Å². The van der Waals surface area contributed by atoms with Crippen LogP contribution in [0, 0.1) is 0 Å². The van der Waals surface area contributed by atoms with Crippen LogP contribution < -0.4 is 10.1 Å². The maximum atomic E-state index is 12.1. The van der Waals surface area contributed by atoms with E-state index in [4.69, 9.17) is 9.84 Å². The second-order valence-electron chi connectivity index (χ2n) is 5.07. The summed E-state index contributed by atoms with van der Waals surface area (Å²) in [5.74, 6) is -0.401. The number of carbonyl (C=O) groups is 2. The summed E-state index contributed by atoms with van der Waals surface area (Å²) in [6.45, 7) is 4.33. The van der Waals surface area contributed by atoms with Crippen LogP contribution >= 0.6 is 0 Å². The first-order valence-electron chi connectivity index (χ1n) is 7.39. The lowest BCUT2D eigenvalue weighted by Gasteiger charge is -2.22. The minimum atomic E-state index is -0.955. The first kappa shape index (κ1) is 18.0. The zero-order valence-electron chi connectivity index (χ0n) is 13.3. The molecule has 22 heavy (non-hydrogen) atoms. The maximum absolute atomic E-state index is 12.1. The topological polar surface area (TPSA) is 78.9 Å². The van der Waals surface area contributed by atoms with Gasteiger partial charge in [-0.25, -0.2) is 0 Å². The molecule has 1 rings (SSSR count). The van der Waals surface area contributed by atoms with Crippen LogP contribution in [0.1, 0.15) is 31.9 Å². The molecule has 122 valence electrons. The van der Waals surface area contributed by atoms with Gasteiger partial charge in [0.15, 0.2) is 0 Å². The van der Waals surface area contributed by atoms with E-state index in [1.54, 1.807) is 7.05 Å². The number of benzene rings is 1. The Balaban J connectivity index is 2.72. The van der Waals surface area contributed by atoms with E-state index in [0.29, 0.717) is 6.61 Å². The Hall–Kier alpha value is -2.08. The van der Waals surface area contributed by atoms with Crippen LogP contribution in [-0.4, -0.2) is 48.6 Å². The van der Waals surface area contributed by atoms with Gasteiger partial charge in [0.2, 0.25) is 5.91 Å². The molecule has 2 N–H and O–H groups in total. The van der Waals surface area contributed by atoms with Crippen molar-refractivity contribution in [3.8, 4) is 5.75 Å². The van der Waals surface area contributed by atoms with Crippen LogP contribution in [0.25, 0.3) is 0 Å². The average Bonchev–Trinajstić information content (AvgIpc) is 2.45. The van der Waals surface area contributed by atoms with Crippen molar-refractivity contribution in [2.45, 2.75) is 26.3 Å². The molecule has 6 nitrogen and oxygen atoms in total. The second-order valence-corrected chi connectivity index (χ2v) is 5.07. The predicted octanol–water partition coefficient (Wildman–Crippen LogP) is 1.67. The number of rotatable bonds is 9. The third kappa shape index (κ3) is 5.73. The van der Waals surface area contributed by atoms with Crippen LogP contribution in [0.5, 0.6) is 5.75 Å². The molecule has 0 aliphatic carbocycles. The number of hydrogen-bond acceptors (Lipinski definition) is 4. The quantitative estimate of drug-likeness (QED) is 0.725. The monoisotopic (exact) mass is 308 g/mol. The second kappa shape index (κ2) is 9.04. The van der Waals surface area contributed by atoms with Gasteiger partial charge in [-0.1, -0.05) is 25.1 Å².